The topological polar surface area (TPSA) is 75.7 Å². The van der Waals surface area contributed by atoms with Crippen molar-refractivity contribution in [1.82, 2.24) is 0 Å². The largest absolute Gasteiger partial charge is 0.462 e. The van der Waals surface area contributed by atoms with Crippen LogP contribution in [0.5, 0.6) is 0 Å². The third-order valence-electron chi connectivity index (χ3n) is 4.08. The van der Waals surface area contributed by atoms with Crippen LogP contribution in [0.1, 0.15) is 22.8 Å². The highest BCUT2D eigenvalue weighted by molar-refractivity contribution is 6.53. The summed E-state index contributed by atoms with van der Waals surface area (Å²) in [6.45, 7) is 3.75. The van der Waals surface area contributed by atoms with Crippen molar-refractivity contribution in [1.29, 1.82) is 0 Å². The fraction of sp³-hybridized carbons (Fsp3) is 0.150. The number of hydrogen-bond acceptors (Lipinski definition) is 5. The van der Waals surface area contributed by atoms with Gasteiger partial charge < -0.3 is 10.1 Å². The molecule has 1 N–H and O–H groups in total. The molecule has 0 atom stereocenters. The Morgan fingerprint density at radius 3 is 2.54 bits per heavy atom. The number of imide groups is 1. The van der Waals surface area contributed by atoms with E-state index < -0.39 is 17.8 Å². The Bertz CT molecular complexity index is 1020. The van der Waals surface area contributed by atoms with Gasteiger partial charge in [0.25, 0.3) is 11.8 Å². The van der Waals surface area contributed by atoms with E-state index in [1.165, 1.54) is 18.2 Å². The standard InChI is InChI=1S/C20H16Cl2N2O4/c1-3-28-20(27)12-5-4-6-14(9-12)24-18(25)16(22)17(19(24)26)23-13-8-7-11(2)15(21)10-13/h4-10,23H,3H2,1-2H3. The molecule has 2 amide bonds. The minimum Gasteiger partial charge on any atom is -0.462 e. The lowest BCUT2D eigenvalue weighted by Crippen LogP contribution is -2.32. The number of carbonyl (C=O) groups excluding carboxylic acids is 3. The van der Waals surface area contributed by atoms with Gasteiger partial charge in [0.2, 0.25) is 0 Å². The molecule has 0 spiro atoms. The Labute approximate surface area is 171 Å². The summed E-state index contributed by atoms with van der Waals surface area (Å²) < 4.78 is 4.95. The molecule has 0 aromatic heterocycles. The normalized spacial score (nSPS) is 13.9. The number of halogens is 2. The van der Waals surface area contributed by atoms with E-state index in [2.05, 4.69) is 5.32 Å². The van der Waals surface area contributed by atoms with Gasteiger partial charge in [-0.25, -0.2) is 9.69 Å². The maximum Gasteiger partial charge on any atom is 0.338 e. The van der Waals surface area contributed by atoms with Crippen LogP contribution in [0, 0.1) is 6.92 Å². The number of nitrogens with one attached hydrogen (secondary N) is 1. The summed E-state index contributed by atoms with van der Waals surface area (Å²) in [7, 11) is 0. The molecule has 0 unspecified atom stereocenters. The zero-order valence-corrected chi connectivity index (χ0v) is 16.6. The molecule has 8 heteroatoms. The van der Waals surface area contributed by atoms with Gasteiger partial charge in [0.05, 0.1) is 17.9 Å². The predicted molar refractivity (Wildman–Crippen MR) is 108 cm³/mol. The summed E-state index contributed by atoms with van der Waals surface area (Å²) in [5, 5.41) is 3.12. The van der Waals surface area contributed by atoms with Crippen molar-refractivity contribution in [3.05, 3.63) is 69.3 Å². The summed E-state index contributed by atoms with van der Waals surface area (Å²) in [5.74, 6) is -1.86. The fourth-order valence-corrected chi connectivity index (χ4v) is 3.04. The summed E-state index contributed by atoms with van der Waals surface area (Å²) >= 11 is 12.2. The number of ether oxygens (including phenoxy) is 1. The number of aryl methyl sites for hydroxylation is 1. The second-order valence-corrected chi connectivity index (χ2v) is 6.78. The minimum atomic E-state index is -0.687. The highest BCUT2D eigenvalue weighted by atomic mass is 35.5. The summed E-state index contributed by atoms with van der Waals surface area (Å²) in [5.41, 5.74) is 1.78. The lowest BCUT2D eigenvalue weighted by atomic mass is 10.2. The second-order valence-electron chi connectivity index (χ2n) is 5.99. The van der Waals surface area contributed by atoms with E-state index in [1.54, 1.807) is 31.2 Å². The van der Waals surface area contributed by atoms with Gasteiger partial charge in [-0.1, -0.05) is 35.3 Å². The summed E-state index contributed by atoms with van der Waals surface area (Å²) in [4.78, 5) is 38.3. The van der Waals surface area contributed by atoms with Gasteiger partial charge in [-0.05, 0) is 49.7 Å². The van der Waals surface area contributed by atoms with Crippen molar-refractivity contribution < 1.29 is 19.1 Å². The van der Waals surface area contributed by atoms with E-state index >= 15 is 0 Å². The van der Waals surface area contributed by atoms with Crippen LogP contribution in [0.2, 0.25) is 5.02 Å². The highest BCUT2D eigenvalue weighted by Crippen LogP contribution is 2.31. The van der Waals surface area contributed by atoms with Crippen LogP contribution < -0.4 is 10.2 Å². The van der Waals surface area contributed by atoms with Crippen molar-refractivity contribution in [2.75, 3.05) is 16.8 Å². The Hall–Kier alpha value is -2.83. The molecule has 2 aromatic rings. The monoisotopic (exact) mass is 418 g/mol. The molecule has 0 bridgehead atoms. The third kappa shape index (κ3) is 3.74. The number of benzene rings is 2. The minimum absolute atomic E-state index is 0.0619. The predicted octanol–water partition coefficient (Wildman–Crippen LogP) is 4.26. The molecule has 1 heterocycles. The van der Waals surface area contributed by atoms with E-state index in [0.29, 0.717) is 10.7 Å². The molecular formula is C20H16Cl2N2O4. The van der Waals surface area contributed by atoms with Crippen LogP contribution >= 0.6 is 23.2 Å². The molecule has 0 saturated carbocycles. The van der Waals surface area contributed by atoms with Gasteiger partial charge in [0, 0.05) is 10.7 Å². The molecule has 6 nitrogen and oxygen atoms in total. The number of carbonyl (C=O) groups is 3. The van der Waals surface area contributed by atoms with E-state index in [9.17, 15) is 14.4 Å². The van der Waals surface area contributed by atoms with E-state index in [4.69, 9.17) is 27.9 Å². The SMILES string of the molecule is CCOC(=O)c1cccc(N2C(=O)C(Cl)=C(Nc3ccc(C)c(Cl)c3)C2=O)c1. The van der Waals surface area contributed by atoms with E-state index in [-0.39, 0.29) is 28.6 Å². The zero-order valence-electron chi connectivity index (χ0n) is 15.1. The molecule has 0 radical (unpaired) electrons. The Morgan fingerprint density at radius 1 is 1.11 bits per heavy atom. The highest BCUT2D eigenvalue weighted by Gasteiger charge is 2.39. The van der Waals surface area contributed by atoms with Gasteiger partial charge >= 0.3 is 5.97 Å². The zero-order chi connectivity index (χ0) is 20.4. The molecule has 0 saturated heterocycles. The first-order chi connectivity index (χ1) is 13.3. The first-order valence-electron chi connectivity index (χ1n) is 8.42. The Morgan fingerprint density at radius 2 is 1.86 bits per heavy atom. The summed E-state index contributed by atoms with van der Waals surface area (Å²) in [6, 6.07) is 11.2. The second kappa shape index (κ2) is 8.04. The first kappa shape index (κ1) is 19.9. The number of anilines is 2. The quantitative estimate of drug-likeness (QED) is 0.579. The number of esters is 1. The van der Waals surface area contributed by atoms with Crippen LogP contribution in [0.4, 0.5) is 11.4 Å². The van der Waals surface area contributed by atoms with Crippen molar-refractivity contribution in [2.24, 2.45) is 0 Å². The molecule has 0 fully saturated rings. The first-order valence-corrected chi connectivity index (χ1v) is 9.18. The number of rotatable bonds is 5. The molecule has 0 aliphatic carbocycles. The van der Waals surface area contributed by atoms with Crippen molar-refractivity contribution in [3.63, 3.8) is 0 Å². The number of hydrogen-bond donors (Lipinski definition) is 1. The van der Waals surface area contributed by atoms with Gasteiger partial charge in [-0.2, -0.15) is 0 Å². The molecule has 144 valence electrons. The van der Waals surface area contributed by atoms with E-state index in [1.807, 2.05) is 6.92 Å². The van der Waals surface area contributed by atoms with Gasteiger partial charge in [0.15, 0.2) is 0 Å². The summed E-state index contributed by atoms with van der Waals surface area (Å²) in [6.07, 6.45) is 0. The lowest BCUT2D eigenvalue weighted by molar-refractivity contribution is -0.120. The smallest absolute Gasteiger partial charge is 0.338 e. The number of nitrogens with zero attached hydrogens (tertiary/aromatic N) is 1. The van der Waals surface area contributed by atoms with Crippen molar-refractivity contribution in [2.45, 2.75) is 13.8 Å². The average molecular weight is 419 g/mol. The molecular weight excluding hydrogens is 403 g/mol. The van der Waals surface area contributed by atoms with Crippen LogP contribution in [-0.4, -0.2) is 24.4 Å². The maximum atomic E-state index is 12.8. The van der Waals surface area contributed by atoms with Crippen molar-refractivity contribution >= 4 is 52.4 Å². The molecule has 1 aliphatic heterocycles. The molecule has 28 heavy (non-hydrogen) atoms. The van der Waals surface area contributed by atoms with Gasteiger partial charge in [-0.3, -0.25) is 9.59 Å². The van der Waals surface area contributed by atoms with Crippen LogP contribution in [0.25, 0.3) is 0 Å². The third-order valence-corrected chi connectivity index (χ3v) is 4.84. The van der Waals surface area contributed by atoms with E-state index in [0.717, 1.165) is 10.5 Å². The Kier molecular flexibility index (Phi) is 5.72. The Balaban J connectivity index is 1.89. The van der Waals surface area contributed by atoms with Crippen LogP contribution in [0.15, 0.2) is 53.2 Å². The molecule has 2 aromatic carbocycles. The van der Waals surface area contributed by atoms with Crippen molar-refractivity contribution in [3.8, 4) is 0 Å². The lowest BCUT2D eigenvalue weighted by Gasteiger charge is -2.16. The maximum absolute atomic E-state index is 12.8. The van der Waals surface area contributed by atoms with Gasteiger partial charge in [-0.15, -0.1) is 0 Å². The number of amides is 2. The van der Waals surface area contributed by atoms with Crippen LogP contribution in [0.3, 0.4) is 0 Å². The average Bonchev–Trinajstić information content (AvgIpc) is 2.88. The van der Waals surface area contributed by atoms with Crippen LogP contribution in [-0.2, 0) is 14.3 Å². The fourth-order valence-electron chi connectivity index (χ4n) is 2.65. The van der Waals surface area contributed by atoms with Gasteiger partial charge in [0.1, 0.15) is 10.7 Å². The molecule has 3 rings (SSSR count). The molecule has 1 aliphatic rings.